The van der Waals surface area contributed by atoms with Gasteiger partial charge in [-0.15, -0.1) is 0 Å². The summed E-state index contributed by atoms with van der Waals surface area (Å²) in [7, 11) is -4.27. The molecule has 0 aliphatic carbocycles. The molecule has 92 valence electrons. The summed E-state index contributed by atoms with van der Waals surface area (Å²) in [5.74, 6) is 0. The average Bonchev–Trinajstić information content (AvgIpc) is 2.44. The minimum atomic E-state index is -4.27. The molecular weight excluding hydrogens is 232 g/mol. The maximum atomic E-state index is 11.4. The number of nitrogens with zero attached hydrogens (tertiary/aromatic N) is 1. The van der Waals surface area contributed by atoms with Crippen LogP contribution in [0.4, 0.5) is 0 Å². The van der Waals surface area contributed by atoms with Crippen LogP contribution in [0.2, 0.25) is 0 Å². The molecule has 0 aliphatic heterocycles. The Kier molecular flexibility index (Phi) is 3.93. The number of aromatic nitrogens is 2. The minimum absolute atomic E-state index is 0.217. The van der Waals surface area contributed by atoms with E-state index in [9.17, 15) is 13.2 Å². The van der Waals surface area contributed by atoms with Gasteiger partial charge < -0.3 is 0 Å². The number of hydrogen-bond donors (Lipinski definition) is 2. The molecule has 0 aromatic carbocycles. The van der Waals surface area contributed by atoms with E-state index in [1.165, 1.54) is 6.07 Å². The third-order valence-corrected chi connectivity index (χ3v) is 3.44. The van der Waals surface area contributed by atoms with Crippen molar-refractivity contribution in [2.45, 2.75) is 38.5 Å². The Hall–Kier alpha value is -1.08. The van der Waals surface area contributed by atoms with Crippen molar-refractivity contribution in [3.8, 4) is 0 Å². The van der Waals surface area contributed by atoms with E-state index < -0.39 is 21.1 Å². The average molecular weight is 248 g/mol. The SMILES string of the molecule is CCCCC(n1[nH]c(C)cc1=O)S(=O)(=O)O. The van der Waals surface area contributed by atoms with Crippen molar-refractivity contribution in [1.82, 2.24) is 9.78 Å². The molecule has 0 spiro atoms. The molecule has 1 aromatic rings. The molecule has 1 unspecified atom stereocenters. The first-order valence-corrected chi connectivity index (χ1v) is 6.61. The van der Waals surface area contributed by atoms with Crippen molar-refractivity contribution in [2.24, 2.45) is 0 Å². The van der Waals surface area contributed by atoms with E-state index >= 15 is 0 Å². The van der Waals surface area contributed by atoms with Gasteiger partial charge in [0.05, 0.1) is 0 Å². The number of hydrogen-bond acceptors (Lipinski definition) is 3. The molecule has 0 bridgehead atoms. The lowest BCUT2D eigenvalue weighted by Gasteiger charge is -2.13. The van der Waals surface area contributed by atoms with Gasteiger partial charge >= 0.3 is 0 Å². The van der Waals surface area contributed by atoms with Crippen molar-refractivity contribution < 1.29 is 13.0 Å². The molecule has 0 amide bonds. The predicted octanol–water partition coefficient (Wildman–Crippen LogP) is 1.06. The summed E-state index contributed by atoms with van der Waals surface area (Å²) in [5, 5.41) is 1.41. The van der Waals surface area contributed by atoms with Gasteiger partial charge in [-0.25, -0.2) is 4.68 Å². The van der Waals surface area contributed by atoms with Gasteiger partial charge in [-0.1, -0.05) is 19.8 Å². The van der Waals surface area contributed by atoms with Crippen LogP contribution in [0.3, 0.4) is 0 Å². The zero-order chi connectivity index (χ0) is 12.3. The van der Waals surface area contributed by atoms with Crippen molar-refractivity contribution in [2.75, 3.05) is 0 Å². The van der Waals surface area contributed by atoms with Crippen LogP contribution in [-0.4, -0.2) is 22.8 Å². The van der Waals surface area contributed by atoms with E-state index in [4.69, 9.17) is 4.55 Å². The van der Waals surface area contributed by atoms with Crippen LogP contribution < -0.4 is 5.56 Å². The zero-order valence-electron chi connectivity index (χ0n) is 9.30. The number of unbranched alkanes of at least 4 members (excludes halogenated alkanes) is 1. The molecule has 7 heteroatoms. The van der Waals surface area contributed by atoms with Gasteiger partial charge in [0.25, 0.3) is 15.7 Å². The van der Waals surface area contributed by atoms with Crippen LogP contribution in [0.15, 0.2) is 10.9 Å². The molecule has 0 saturated heterocycles. The first kappa shape index (κ1) is 13.0. The molecule has 0 saturated carbocycles. The second kappa shape index (κ2) is 4.84. The molecule has 1 heterocycles. The Morgan fingerprint density at radius 2 is 2.19 bits per heavy atom. The maximum absolute atomic E-state index is 11.4. The molecule has 0 aliphatic rings. The lowest BCUT2D eigenvalue weighted by molar-refractivity contribution is 0.411. The molecule has 1 aromatic heterocycles. The normalized spacial score (nSPS) is 13.9. The Balaban J connectivity index is 3.11. The number of aryl methyl sites for hydroxylation is 1. The lowest BCUT2D eigenvalue weighted by Crippen LogP contribution is -2.28. The first-order chi connectivity index (χ1) is 7.36. The van der Waals surface area contributed by atoms with Crippen LogP contribution >= 0.6 is 0 Å². The molecule has 2 N–H and O–H groups in total. The fourth-order valence-electron chi connectivity index (χ4n) is 1.54. The summed E-state index contributed by atoms with van der Waals surface area (Å²) in [5.41, 5.74) is 0.117. The molecule has 6 nitrogen and oxygen atoms in total. The van der Waals surface area contributed by atoms with E-state index in [1.54, 1.807) is 6.92 Å². The summed E-state index contributed by atoms with van der Waals surface area (Å²) in [4.78, 5) is 11.4. The number of aromatic amines is 1. The second-order valence-corrected chi connectivity index (χ2v) is 5.33. The molecule has 1 atom stereocenters. The Labute approximate surface area is 94.0 Å². The molecule has 1 rings (SSSR count). The van der Waals surface area contributed by atoms with Gasteiger partial charge in [0.15, 0.2) is 5.37 Å². The van der Waals surface area contributed by atoms with Crippen LogP contribution in [-0.2, 0) is 10.1 Å². The Morgan fingerprint density at radius 1 is 1.56 bits per heavy atom. The Morgan fingerprint density at radius 3 is 2.56 bits per heavy atom. The highest BCUT2D eigenvalue weighted by molar-refractivity contribution is 7.85. The third kappa shape index (κ3) is 2.96. The van der Waals surface area contributed by atoms with E-state index in [2.05, 4.69) is 5.10 Å². The smallest absolute Gasteiger partial charge is 0.288 e. The van der Waals surface area contributed by atoms with Crippen LogP contribution in [0.1, 0.15) is 37.3 Å². The van der Waals surface area contributed by atoms with E-state index in [0.29, 0.717) is 12.1 Å². The number of rotatable bonds is 5. The van der Waals surface area contributed by atoms with Gasteiger partial charge in [-0.3, -0.25) is 14.4 Å². The molecule has 0 fully saturated rings. The summed E-state index contributed by atoms with van der Waals surface area (Å²) in [6, 6.07) is 1.30. The van der Waals surface area contributed by atoms with E-state index in [0.717, 1.165) is 11.1 Å². The summed E-state index contributed by atoms with van der Waals surface area (Å²) in [6.45, 7) is 3.56. The lowest BCUT2D eigenvalue weighted by atomic mass is 10.2. The monoisotopic (exact) mass is 248 g/mol. The first-order valence-electron chi connectivity index (χ1n) is 5.10. The van der Waals surface area contributed by atoms with Crippen LogP contribution in [0, 0.1) is 6.92 Å². The van der Waals surface area contributed by atoms with E-state index in [-0.39, 0.29) is 6.42 Å². The molecular formula is C9H16N2O4S. The maximum Gasteiger partial charge on any atom is 0.288 e. The quantitative estimate of drug-likeness (QED) is 0.762. The van der Waals surface area contributed by atoms with Crippen molar-refractivity contribution in [3.63, 3.8) is 0 Å². The van der Waals surface area contributed by atoms with Gasteiger partial charge in [-0.2, -0.15) is 8.42 Å². The van der Waals surface area contributed by atoms with Crippen LogP contribution in [0.5, 0.6) is 0 Å². The predicted molar refractivity (Wildman–Crippen MR) is 59.9 cm³/mol. The minimum Gasteiger partial charge on any atom is -0.299 e. The second-order valence-electron chi connectivity index (χ2n) is 3.76. The fraction of sp³-hybridized carbons (Fsp3) is 0.667. The number of H-pyrrole nitrogens is 1. The van der Waals surface area contributed by atoms with Crippen molar-refractivity contribution in [3.05, 3.63) is 22.1 Å². The fourth-order valence-corrected chi connectivity index (χ4v) is 2.42. The zero-order valence-corrected chi connectivity index (χ0v) is 10.1. The van der Waals surface area contributed by atoms with Crippen molar-refractivity contribution in [1.29, 1.82) is 0 Å². The van der Waals surface area contributed by atoms with Gasteiger partial charge in [0.1, 0.15) is 0 Å². The standard InChI is InChI=1S/C9H16N2O4S/c1-3-4-5-9(16(13,14)15)11-8(12)6-7(2)10-11/h6,9-10H,3-5H2,1-2H3,(H,13,14,15). The number of nitrogens with one attached hydrogen (secondary N) is 1. The topological polar surface area (TPSA) is 92.2 Å². The molecule has 0 radical (unpaired) electrons. The van der Waals surface area contributed by atoms with Gasteiger partial charge in [-0.05, 0) is 13.3 Å². The van der Waals surface area contributed by atoms with Gasteiger partial charge in [0.2, 0.25) is 0 Å². The molecule has 16 heavy (non-hydrogen) atoms. The largest absolute Gasteiger partial charge is 0.299 e. The third-order valence-electron chi connectivity index (χ3n) is 2.31. The summed E-state index contributed by atoms with van der Waals surface area (Å²) < 4.78 is 32.4. The Bertz CT molecular complexity index is 500. The highest BCUT2D eigenvalue weighted by Crippen LogP contribution is 2.18. The highest BCUT2D eigenvalue weighted by Gasteiger charge is 2.26. The van der Waals surface area contributed by atoms with E-state index in [1.807, 2.05) is 6.92 Å². The van der Waals surface area contributed by atoms with Crippen molar-refractivity contribution >= 4 is 10.1 Å². The van der Waals surface area contributed by atoms with Crippen LogP contribution in [0.25, 0.3) is 0 Å². The summed E-state index contributed by atoms with van der Waals surface area (Å²) >= 11 is 0. The summed E-state index contributed by atoms with van der Waals surface area (Å²) in [6.07, 6.45) is 1.63. The van der Waals surface area contributed by atoms with Gasteiger partial charge in [0, 0.05) is 11.8 Å². The highest BCUT2D eigenvalue weighted by atomic mass is 32.2.